The molecule has 0 unspecified atom stereocenters. The fraction of sp³-hybridized carbons (Fsp3) is 0.478. The number of carbonyl (C=O) groups is 4. The van der Waals surface area contributed by atoms with Gasteiger partial charge in [0.1, 0.15) is 0 Å². The van der Waals surface area contributed by atoms with Crippen molar-refractivity contribution in [3.8, 4) is 0 Å². The van der Waals surface area contributed by atoms with Crippen molar-refractivity contribution < 1.29 is 29.4 Å². The van der Waals surface area contributed by atoms with Gasteiger partial charge in [-0.05, 0) is 58.7 Å². The number of fused-ring (bicyclic) bond motifs is 2. The number of hydrogen-bond donors (Lipinski definition) is 6. The van der Waals surface area contributed by atoms with Crippen LogP contribution in [0.25, 0.3) is 21.5 Å². The fourth-order valence-corrected chi connectivity index (χ4v) is 9.29. The number of unbranched alkanes of at least 4 members (excludes halogenated alkanes) is 5. The molecule has 4 amide bonds. The Morgan fingerprint density at radius 1 is 0.554 bits per heavy atom. The quantitative estimate of drug-likeness (QED) is 0.0617. The zero-order valence-corrected chi connectivity index (χ0v) is 33.1. The van der Waals surface area contributed by atoms with Crippen molar-refractivity contribution in [3.05, 3.63) is 83.9 Å². The van der Waals surface area contributed by atoms with Gasteiger partial charge >= 0.3 is 0 Å². The van der Waals surface area contributed by atoms with E-state index in [1.165, 1.54) is 0 Å². The molecule has 6 rings (SSSR count). The van der Waals surface area contributed by atoms with Gasteiger partial charge in [0.25, 0.3) is 0 Å². The number of carbonyl (C=O) groups excluding carboxylic acids is 4. The summed E-state index contributed by atoms with van der Waals surface area (Å²) in [7, 11) is 0. The molecule has 4 aromatic carbocycles. The van der Waals surface area contributed by atoms with Crippen LogP contribution in [0.1, 0.15) is 102 Å². The predicted molar refractivity (Wildman–Crippen MR) is 222 cm³/mol. The highest BCUT2D eigenvalue weighted by molar-refractivity contribution is 6.05. The van der Waals surface area contributed by atoms with Crippen LogP contribution < -0.4 is 21.3 Å². The summed E-state index contributed by atoms with van der Waals surface area (Å²) < 4.78 is 0. The zero-order chi connectivity index (χ0) is 39.9. The molecular formula is C46H58N4O6. The maximum absolute atomic E-state index is 13.0. The minimum atomic E-state index is -0.352. The van der Waals surface area contributed by atoms with Gasteiger partial charge < -0.3 is 31.5 Å². The zero-order valence-electron chi connectivity index (χ0n) is 33.1. The summed E-state index contributed by atoms with van der Waals surface area (Å²) in [4.78, 5) is 51.7. The Morgan fingerprint density at radius 2 is 0.911 bits per heavy atom. The molecule has 10 heteroatoms. The normalized spacial score (nSPS) is 22.2. The summed E-state index contributed by atoms with van der Waals surface area (Å²) in [5.74, 6) is -0.716. The van der Waals surface area contributed by atoms with Gasteiger partial charge in [-0.2, -0.15) is 0 Å². The number of benzene rings is 4. The van der Waals surface area contributed by atoms with E-state index in [1.807, 2.05) is 100 Å². The molecule has 298 valence electrons. The topological polar surface area (TPSA) is 157 Å². The summed E-state index contributed by atoms with van der Waals surface area (Å²) in [6.45, 7) is 7.88. The Labute approximate surface area is 330 Å². The molecule has 0 saturated carbocycles. The highest BCUT2D eigenvalue weighted by Crippen LogP contribution is 2.44. The highest BCUT2D eigenvalue weighted by atomic mass is 16.3. The van der Waals surface area contributed by atoms with E-state index < -0.39 is 0 Å². The molecule has 4 aromatic rings. The number of nitrogens with one attached hydrogen (secondary N) is 4. The number of aliphatic hydroxyl groups excluding tert-OH is 2. The second-order valence-electron chi connectivity index (χ2n) is 16.4. The molecule has 0 radical (unpaired) electrons. The smallest absolute Gasteiger partial charge is 0.224 e. The van der Waals surface area contributed by atoms with Crippen molar-refractivity contribution in [2.45, 2.75) is 103 Å². The Balaban J connectivity index is 0.951. The molecule has 0 aliphatic carbocycles. The lowest BCUT2D eigenvalue weighted by Crippen LogP contribution is -2.31. The van der Waals surface area contributed by atoms with Gasteiger partial charge in [0.05, 0.1) is 25.3 Å². The number of anilines is 2. The average Bonchev–Trinajstić information content (AvgIpc) is 3.71. The first-order valence-electron chi connectivity index (χ1n) is 20.5. The number of amides is 4. The Bertz CT molecular complexity index is 1900. The molecule has 2 heterocycles. The van der Waals surface area contributed by atoms with Gasteiger partial charge in [0.15, 0.2) is 0 Å². The van der Waals surface area contributed by atoms with Crippen LogP contribution in [0.2, 0.25) is 0 Å². The number of rotatable bonds is 17. The van der Waals surface area contributed by atoms with Gasteiger partial charge in [-0.1, -0.05) is 114 Å². The predicted octanol–water partition coefficient (Wildman–Crippen LogP) is 7.38. The van der Waals surface area contributed by atoms with Crippen molar-refractivity contribution in [1.29, 1.82) is 0 Å². The van der Waals surface area contributed by atoms with Crippen molar-refractivity contribution in [2.75, 3.05) is 23.8 Å². The maximum atomic E-state index is 13.0. The van der Waals surface area contributed by atoms with Gasteiger partial charge in [0.2, 0.25) is 23.6 Å². The Morgan fingerprint density at radius 3 is 1.27 bits per heavy atom. The van der Waals surface area contributed by atoms with Gasteiger partial charge in [-0.25, -0.2) is 0 Å². The monoisotopic (exact) mass is 762 g/mol. The Hall–Kier alpha value is -4.80. The largest absolute Gasteiger partial charge is 0.394 e. The molecule has 0 spiro atoms. The van der Waals surface area contributed by atoms with Crippen LogP contribution in [-0.2, 0) is 19.2 Å². The van der Waals surface area contributed by atoms with Gasteiger partial charge in [-0.15, -0.1) is 0 Å². The molecule has 56 heavy (non-hydrogen) atoms. The third-order valence-corrected chi connectivity index (χ3v) is 12.0. The Kier molecular flexibility index (Phi) is 13.4. The number of hydrogen-bond acceptors (Lipinski definition) is 6. The van der Waals surface area contributed by atoms with Crippen molar-refractivity contribution in [2.24, 2.45) is 23.7 Å². The molecule has 6 atom stereocenters. The summed E-state index contributed by atoms with van der Waals surface area (Å²) in [5, 5.41) is 36.2. The van der Waals surface area contributed by atoms with Crippen LogP contribution in [0.3, 0.4) is 0 Å². The van der Waals surface area contributed by atoms with E-state index in [0.29, 0.717) is 12.8 Å². The van der Waals surface area contributed by atoms with Gasteiger partial charge in [0, 0.05) is 58.7 Å². The van der Waals surface area contributed by atoms with Crippen molar-refractivity contribution in [1.82, 2.24) is 10.6 Å². The molecule has 0 bridgehead atoms. The number of aliphatic hydroxyl groups is 2. The van der Waals surface area contributed by atoms with E-state index in [1.54, 1.807) is 0 Å². The summed E-state index contributed by atoms with van der Waals surface area (Å²) >= 11 is 0. The lowest BCUT2D eigenvalue weighted by Gasteiger charge is -2.26. The molecule has 10 nitrogen and oxygen atoms in total. The molecule has 2 aliphatic heterocycles. The first-order valence-corrected chi connectivity index (χ1v) is 20.5. The maximum Gasteiger partial charge on any atom is 0.224 e. The molecule has 0 aromatic heterocycles. The van der Waals surface area contributed by atoms with Crippen molar-refractivity contribution >= 4 is 56.5 Å². The fourth-order valence-electron chi connectivity index (χ4n) is 9.29. The summed E-state index contributed by atoms with van der Waals surface area (Å²) in [6, 6.07) is 23.0. The van der Waals surface area contributed by atoms with E-state index >= 15 is 0 Å². The van der Waals surface area contributed by atoms with Gasteiger partial charge in [-0.3, -0.25) is 19.2 Å². The summed E-state index contributed by atoms with van der Waals surface area (Å²) in [6.07, 6.45) is 6.21. The molecule has 2 fully saturated rings. The third kappa shape index (κ3) is 8.76. The van der Waals surface area contributed by atoms with Crippen LogP contribution in [0.4, 0.5) is 11.4 Å². The average molecular weight is 763 g/mol. The molecule has 6 N–H and O–H groups in total. The van der Waals surface area contributed by atoms with Crippen LogP contribution >= 0.6 is 0 Å². The van der Waals surface area contributed by atoms with Crippen molar-refractivity contribution in [3.63, 3.8) is 0 Å². The molecular weight excluding hydrogens is 705 g/mol. The van der Waals surface area contributed by atoms with Crippen LogP contribution in [-0.4, -0.2) is 59.1 Å². The first kappa shape index (κ1) is 40.9. The van der Waals surface area contributed by atoms with E-state index in [2.05, 4.69) is 21.3 Å². The lowest BCUT2D eigenvalue weighted by molar-refractivity contribution is -0.124. The van der Waals surface area contributed by atoms with Crippen LogP contribution in [0.5, 0.6) is 0 Å². The third-order valence-electron chi connectivity index (χ3n) is 12.0. The molecule has 2 aliphatic rings. The second kappa shape index (κ2) is 18.4. The first-order chi connectivity index (χ1) is 27.0. The van der Waals surface area contributed by atoms with Crippen LogP contribution in [0, 0.1) is 23.7 Å². The second-order valence-corrected chi connectivity index (χ2v) is 16.4. The SMILES string of the molecule is CC(C)[C@H]1C(=O)N[C@H](CO)[C@H]1c1ccc(NC(=O)CCCCCCCCC(=O)Nc2ccc([C@H]3[C@@H](C(C)C)C(=O)N[C@@H]3CO)c3ccccc23)c2ccccc12. The lowest BCUT2D eigenvalue weighted by atomic mass is 9.77. The summed E-state index contributed by atoms with van der Waals surface area (Å²) in [5.41, 5.74) is 3.49. The minimum absolute atomic E-state index is 0.0282. The molecule has 2 saturated heterocycles. The standard InChI is InChI=1S/C46H58N4O6/c1-27(2)41-43(37(25-51)49-45(41)55)33-21-23-35(31-17-13-11-15-29(31)33)47-39(53)19-9-7-5-6-8-10-20-40(54)48-36-24-22-34(30-16-12-14-18-32(30)36)44-38(26-52)50-46(56)42(44)28(3)4/h11-18,21-24,27-28,37-38,41-44,51-52H,5-10,19-20,25-26H2,1-4H3,(H,47,53)(H,48,54)(H,49,55)(H,50,56)/t37-,38-,41-,42-,43-,44-/m1/s1. The highest BCUT2D eigenvalue weighted by Gasteiger charge is 2.46. The van der Waals surface area contributed by atoms with Crippen LogP contribution in [0.15, 0.2) is 72.8 Å². The van der Waals surface area contributed by atoms with E-state index in [-0.39, 0.29) is 84.4 Å². The van der Waals surface area contributed by atoms with E-state index in [4.69, 9.17) is 0 Å². The van der Waals surface area contributed by atoms with E-state index in [9.17, 15) is 29.4 Å². The minimum Gasteiger partial charge on any atom is -0.394 e. The van der Waals surface area contributed by atoms with E-state index in [0.717, 1.165) is 82.6 Å².